The number of likely N-dealkylation sites (tertiary alicyclic amines) is 2. The van der Waals surface area contributed by atoms with Crippen LogP contribution in [-0.2, 0) is 19.1 Å². The number of carbonyl (C=O) groups is 4. The number of amides is 4. The van der Waals surface area contributed by atoms with E-state index in [2.05, 4.69) is 86.0 Å². The normalized spacial score (nSPS) is 17.3. The standard InChI is InChI=1S/C50H56N8O6/c1-31(28-53-48(61)63-5)25-43(59)57-23-9-13-41(57)45-52-30-40(55-45)38-22-21-36-26-35(19-20-37(36)27-38)32-15-17-33(18-16-32)39-29-51-46(54-39)42-14-10-24-58(42)47(60)44(34-11-7-6-8-12-34)56-49(62)64-50(2,3)4/h6-8,11-12,15-22,26-27,29-31,41-42,44H,9-10,13-14,23-25,28H2,1-5H3,(H,51,54)(H,52,55)(H,53,61)(H,56,62). The van der Waals surface area contributed by atoms with E-state index < -0.39 is 23.8 Å². The van der Waals surface area contributed by atoms with Crippen molar-refractivity contribution in [2.45, 2.75) is 83.5 Å². The summed E-state index contributed by atoms with van der Waals surface area (Å²) in [5.41, 5.74) is 5.89. The highest BCUT2D eigenvalue weighted by Gasteiger charge is 2.38. The summed E-state index contributed by atoms with van der Waals surface area (Å²) < 4.78 is 10.2. The third-order valence-electron chi connectivity index (χ3n) is 12.0. The molecule has 0 spiro atoms. The van der Waals surface area contributed by atoms with Gasteiger partial charge >= 0.3 is 12.2 Å². The van der Waals surface area contributed by atoms with Gasteiger partial charge in [-0.3, -0.25) is 9.59 Å². The monoisotopic (exact) mass is 864 g/mol. The third kappa shape index (κ3) is 9.96. The van der Waals surface area contributed by atoms with E-state index in [1.165, 1.54) is 7.11 Å². The molecule has 14 heteroatoms. The molecular formula is C50H56N8O6. The van der Waals surface area contributed by atoms with E-state index >= 15 is 0 Å². The highest BCUT2D eigenvalue weighted by atomic mass is 16.6. The molecule has 0 radical (unpaired) electrons. The van der Waals surface area contributed by atoms with Crippen LogP contribution in [0.2, 0.25) is 0 Å². The Balaban J connectivity index is 0.918. The molecule has 332 valence electrons. The van der Waals surface area contributed by atoms with Crippen LogP contribution in [0.3, 0.4) is 0 Å². The number of hydrogen-bond acceptors (Lipinski definition) is 8. The predicted molar refractivity (Wildman–Crippen MR) is 245 cm³/mol. The van der Waals surface area contributed by atoms with E-state index in [-0.39, 0.29) is 29.8 Å². The zero-order valence-corrected chi connectivity index (χ0v) is 37.0. The van der Waals surface area contributed by atoms with Crippen LogP contribution in [0.4, 0.5) is 9.59 Å². The smallest absolute Gasteiger partial charge is 0.408 e. The quantitative estimate of drug-likeness (QED) is 0.0942. The van der Waals surface area contributed by atoms with Crippen LogP contribution >= 0.6 is 0 Å². The number of aromatic amines is 2. The average molecular weight is 865 g/mol. The Morgan fingerprint density at radius 3 is 1.94 bits per heavy atom. The van der Waals surface area contributed by atoms with Crippen LogP contribution in [0, 0.1) is 5.92 Å². The molecule has 4 aromatic carbocycles. The molecule has 4 atom stereocenters. The molecule has 4 unspecified atom stereocenters. The number of fused-ring (bicyclic) bond motifs is 1. The zero-order valence-electron chi connectivity index (χ0n) is 37.0. The van der Waals surface area contributed by atoms with Crippen molar-refractivity contribution in [1.29, 1.82) is 0 Å². The Hall–Kier alpha value is -6.96. The first kappa shape index (κ1) is 43.7. The average Bonchev–Trinajstić information content (AvgIpc) is 4.14. The first-order chi connectivity index (χ1) is 30.8. The van der Waals surface area contributed by atoms with Gasteiger partial charge < -0.3 is 39.9 Å². The van der Waals surface area contributed by atoms with Gasteiger partial charge in [0.1, 0.15) is 23.3 Å². The lowest BCUT2D eigenvalue weighted by Crippen LogP contribution is -2.44. The Bertz CT molecular complexity index is 2620. The Kier molecular flexibility index (Phi) is 12.8. The maximum Gasteiger partial charge on any atom is 0.408 e. The third-order valence-corrected chi connectivity index (χ3v) is 12.0. The molecule has 0 saturated carbocycles. The molecule has 0 aliphatic carbocycles. The van der Waals surface area contributed by atoms with E-state index in [1.807, 2.05) is 59.4 Å². The topological polar surface area (TPSA) is 175 Å². The van der Waals surface area contributed by atoms with Crippen LogP contribution in [0.15, 0.2) is 103 Å². The molecule has 2 aliphatic rings. The SMILES string of the molecule is COC(=O)NCC(C)CC(=O)N1CCCC1c1ncc(-c2ccc3cc(-c4ccc(-c5cnc(C6CCCN6C(=O)C(NC(=O)OC(C)(C)C)c6ccccc6)[nH]5)cc4)ccc3c2)[nH]1. The van der Waals surface area contributed by atoms with Gasteiger partial charge in [0.25, 0.3) is 5.91 Å². The van der Waals surface area contributed by atoms with Crippen LogP contribution in [-0.4, -0.2) is 86.1 Å². The lowest BCUT2D eigenvalue weighted by atomic mass is 9.98. The molecule has 4 heterocycles. The summed E-state index contributed by atoms with van der Waals surface area (Å²) in [6, 6.07) is 29.1. The van der Waals surface area contributed by atoms with Crippen LogP contribution in [0.1, 0.15) is 95.1 Å². The van der Waals surface area contributed by atoms with E-state index in [9.17, 15) is 19.2 Å². The van der Waals surface area contributed by atoms with Crippen LogP contribution < -0.4 is 10.6 Å². The second-order valence-electron chi connectivity index (χ2n) is 17.8. The van der Waals surface area contributed by atoms with Gasteiger partial charge in [-0.2, -0.15) is 0 Å². The number of carbonyl (C=O) groups excluding carboxylic acids is 4. The van der Waals surface area contributed by atoms with Gasteiger partial charge in [-0.05, 0) is 97.5 Å². The van der Waals surface area contributed by atoms with Crippen LogP contribution in [0.25, 0.3) is 44.4 Å². The summed E-state index contributed by atoms with van der Waals surface area (Å²) >= 11 is 0. The number of aromatic nitrogens is 4. The maximum absolute atomic E-state index is 14.2. The zero-order chi connectivity index (χ0) is 45.0. The van der Waals surface area contributed by atoms with Gasteiger partial charge in [0, 0.05) is 31.6 Å². The second-order valence-corrected chi connectivity index (χ2v) is 17.8. The van der Waals surface area contributed by atoms with E-state index in [1.54, 1.807) is 20.8 Å². The molecular weight excluding hydrogens is 809 g/mol. The van der Waals surface area contributed by atoms with Gasteiger partial charge in [0.05, 0.1) is 43.0 Å². The lowest BCUT2D eigenvalue weighted by Gasteiger charge is -2.29. The number of rotatable bonds is 12. The molecule has 4 N–H and O–H groups in total. The second kappa shape index (κ2) is 18.8. The van der Waals surface area contributed by atoms with Crippen molar-refractivity contribution >= 4 is 34.8 Å². The fourth-order valence-corrected chi connectivity index (χ4v) is 8.75. The number of hydrogen-bond donors (Lipinski definition) is 4. The molecule has 2 aromatic heterocycles. The van der Waals surface area contributed by atoms with Crippen molar-refractivity contribution in [3.05, 3.63) is 121 Å². The number of H-pyrrole nitrogens is 2. The summed E-state index contributed by atoms with van der Waals surface area (Å²) in [7, 11) is 1.32. The number of alkyl carbamates (subject to hydrolysis) is 2. The number of nitrogens with one attached hydrogen (secondary N) is 4. The molecule has 64 heavy (non-hydrogen) atoms. The minimum absolute atomic E-state index is 0.0260. The summed E-state index contributed by atoms with van der Waals surface area (Å²) in [6.45, 7) is 8.92. The Morgan fingerprint density at radius 1 is 0.734 bits per heavy atom. The number of imidazole rings is 2. The van der Waals surface area contributed by atoms with Gasteiger partial charge in [-0.1, -0.05) is 85.8 Å². The summed E-state index contributed by atoms with van der Waals surface area (Å²) in [6.07, 6.45) is 6.15. The number of benzene rings is 4. The Labute approximate surface area is 373 Å². The van der Waals surface area contributed by atoms with Crippen LogP contribution in [0.5, 0.6) is 0 Å². The molecule has 6 aromatic rings. The van der Waals surface area contributed by atoms with Gasteiger partial charge in [-0.15, -0.1) is 0 Å². The molecule has 14 nitrogen and oxygen atoms in total. The number of nitrogens with zero attached hydrogens (tertiary/aromatic N) is 4. The number of methoxy groups -OCH3 is 1. The Morgan fingerprint density at radius 2 is 1.30 bits per heavy atom. The van der Waals surface area contributed by atoms with Gasteiger partial charge in [0.2, 0.25) is 5.91 Å². The predicted octanol–water partition coefficient (Wildman–Crippen LogP) is 9.26. The summed E-state index contributed by atoms with van der Waals surface area (Å²) in [4.78, 5) is 72.0. The van der Waals surface area contributed by atoms with E-state index in [0.717, 1.165) is 75.9 Å². The largest absolute Gasteiger partial charge is 0.453 e. The fourth-order valence-electron chi connectivity index (χ4n) is 8.75. The van der Waals surface area contributed by atoms with E-state index in [0.29, 0.717) is 37.4 Å². The molecule has 0 bridgehead atoms. The van der Waals surface area contributed by atoms with Crippen molar-refractivity contribution in [3.63, 3.8) is 0 Å². The molecule has 2 fully saturated rings. The minimum atomic E-state index is -0.903. The first-order valence-corrected chi connectivity index (χ1v) is 22.0. The minimum Gasteiger partial charge on any atom is -0.453 e. The van der Waals surface area contributed by atoms with Crippen molar-refractivity contribution in [2.24, 2.45) is 5.92 Å². The molecule has 2 aliphatic heterocycles. The number of ether oxygens (including phenoxy) is 2. The highest BCUT2D eigenvalue weighted by Crippen LogP contribution is 2.36. The van der Waals surface area contributed by atoms with E-state index in [4.69, 9.17) is 14.7 Å². The van der Waals surface area contributed by atoms with Gasteiger partial charge in [-0.25, -0.2) is 19.6 Å². The first-order valence-electron chi connectivity index (χ1n) is 22.0. The summed E-state index contributed by atoms with van der Waals surface area (Å²) in [5, 5.41) is 7.71. The summed E-state index contributed by atoms with van der Waals surface area (Å²) in [5.74, 6) is 1.31. The molecule has 4 amide bonds. The maximum atomic E-state index is 14.2. The van der Waals surface area contributed by atoms with Crippen molar-refractivity contribution in [1.82, 2.24) is 40.4 Å². The van der Waals surface area contributed by atoms with Crippen molar-refractivity contribution in [2.75, 3.05) is 26.7 Å². The molecule has 2 saturated heterocycles. The highest BCUT2D eigenvalue weighted by molar-refractivity contribution is 5.91. The fraction of sp³-hybridized carbons (Fsp3) is 0.360. The lowest BCUT2D eigenvalue weighted by molar-refractivity contribution is -0.135. The van der Waals surface area contributed by atoms with Crippen molar-refractivity contribution in [3.8, 4) is 33.6 Å². The van der Waals surface area contributed by atoms with Gasteiger partial charge in [0.15, 0.2) is 0 Å². The van der Waals surface area contributed by atoms with Crippen molar-refractivity contribution < 1.29 is 28.7 Å². The molecule has 8 rings (SSSR count).